The Hall–Kier alpha value is -4.47. The first kappa shape index (κ1) is 31.5. The number of hydrogen-bond donors (Lipinski definition) is 1. The Morgan fingerprint density at radius 1 is 0.581 bits per heavy atom. The van der Waals surface area contributed by atoms with Crippen molar-refractivity contribution in [3.63, 3.8) is 0 Å². The number of rotatable bonds is 11. The number of ether oxygens (including phenoxy) is 4. The summed E-state index contributed by atoms with van der Waals surface area (Å²) in [5, 5.41) is 2.89. The largest absolute Gasteiger partial charge is 0.466 e. The summed E-state index contributed by atoms with van der Waals surface area (Å²) in [5.41, 5.74) is -2.82. The van der Waals surface area contributed by atoms with Gasteiger partial charge in [-0.2, -0.15) is 0 Å². The molecule has 1 fully saturated rings. The number of nitrogens with one attached hydrogen (secondary N) is 1. The first-order valence-electron chi connectivity index (χ1n) is 14.5. The van der Waals surface area contributed by atoms with Crippen LogP contribution in [0.25, 0.3) is 0 Å². The van der Waals surface area contributed by atoms with Crippen LogP contribution in [-0.2, 0) is 43.5 Å². The van der Waals surface area contributed by atoms with E-state index >= 15 is 0 Å². The Kier molecular flexibility index (Phi) is 9.68. The minimum Gasteiger partial charge on any atom is -0.466 e. The molecule has 1 amide bonds. The lowest BCUT2D eigenvalue weighted by Crippen LogP contribution is -2.77. The van der Waals surface area contributed by atoms with Crippen LogP contribution < -0.4 is 5.32 Å². The molecule has 3 aliphatic carbocycles. The number of esters is 4. The maximum atomic E-state index is 14.1. The van der Waals surface area contributed by atoms with Gasteiger partial charge in [0.25, 0.3) is 5.91 Å². The molecule has 2 unspecified atom stereocenters. The molecule has 0 aromatic heterocycles. The minimum absolute atomic E-state index is 0.0196. The Morgan fingerprint density at radius 2 is 0.977 bits per heavy atom. The summed E-state index contributed by atoms with van der Waals surface area (Å²) in [6.45, 7) is 6.35. The Labute approximate surface area is 250 Å². The minimum atomic E-state index is -1.93. The van der Waals surface area contributed by atoms with E-state index in [1.54, 1.807) is 94.4 Å². The summed E-state index contributed by atoms with van der Waals surface area (Å²) in [4.78, 5) is 70.1. The van der Waals surface area contributed by atoms with Crippen molar-refractivity contribution in [1.29, 1.82) is 0 Å². The van der Waals surface area contributed by atoms with Crippen LogP contribution in [-0.4, -0.2) is 61.8 Å². The van der Waals surface area contributed by atoms with Crippen LogP contribution in [0.4, 0.5) is 0 Å². The summed E-state index contributed by atoms with van der Waals surface area (Å²) in [5.74, 6) is -9.63. The van der Waals surface area contributed by atoms with Crippen LogP contribution >= 0.6 is 0 Å². The summed E-state index contributed by atoms with van der Waals surface area (Å²) >= 11 is 0. The maximum absolute atomic E-state index is 14.1. The smallest absolute Gasteiger partial charge is 0.312 e. The van der Waals surface area contributed by atoms with Crippen LogP contribution in [0, 0.1) is 23.7 Å². The van der Waals surface area contributed by atoms with Crippen molar-refractivity contribution in [2.24, 2.45) is 23.7 Å². The summed E-state index contributed by atoms with van der Waals surface area (Å²) < 4.78 is 22.1. The van der Waals surface area contributed by atoms with Gasteiger partial charge in [0.05, 0.1) is 55.6 Å². The molecule has 5 rings (SSSR count). The molecule has 0 aliphatic heterocycles. The van der Waals surface area contributed by atoms with Gasteiger partial charge < -0.3 is 24.3 Å². The second-order valence-electron chi connectivity index (χ2n) is 10.3. The van der Waals surface area contributed by atoms with E-state index in [0.29, 0.717) is 5.56 Å². The van der Waals surface area contributed by atoms with Gasteiger partial charge in [-0.3, -0.25) is 24.0 Å². The lowest BCUT2D eigenvalue weighted by atomic mass is 9.41. The van der Waals surface area contributed by atoms with Crippen molar-refractivity contribution in [2.45, 2.75) is 38.6 Å². The second-order valence-corrected chi connectivity index (χ2v) is 10.3. The molecule has 10 heteroatoms. The van der Waals surface area contributed by atoms with Gasteiger partial charge in [0.2, 0.25) is 0 Å². The highest BCUT2D eigenvalue weighted by Crippen LogP contribution is 2.62. The van der Waals surface area contributed by atoms with E-state index in [0.717, 1.165) is 0 Å². The summed E-state index contributed by atoms with van der Waals surface area (Å²) in [7, 11) is 0. The van der Waals surface area contributed by atoms with Crippen LogP contribution in [0.1, 0.15) is 43.6 Å². The lowest BCUT2D eigenvalue weighted by Gasteiger charge is -2.62. The van der Waals surface area contributed by atoms with E-state index < -0.39 is 64.4 Å². The van der Waals surface area contributed by atoms with Crippen LogP contribution in [0.2, 0.25) is 0 Å². The Balaban J connectivity index is 2.13. The summed E-state index contributed by atoms with van der Waals surface area (Å²) in [6, 6.07) is 16.9. The first-order valence-corrected chi connectivity index (χ1v) is 14.5. The fraction of sp³-hybridized carbons (Fsp3) is 0.424. The molecule has 0 spiro atoms. The summed E-state index contributed by atoms with van der Waals surface area (Å²) in [6.07, 6.45) is 3.16. The molecule has 228 valence electrons. The normalized spacial score (nSPS) is 27.1. The first-order chi connectivity index (χ1) is 20.7. The molecular formula is C33H37NO9. The van der Waals surface area contributed by atoms with E-state index in [4.69, 9.17) is 18.9 Å². The van der Waals surface area contributed by atoms with E-state index in [2.05, 4.69) is 5.32 Å². The maximum Gasteiger partial charge on any atom is 0.312 e. The third kappa shape index (κ3) is 5.42. The standard InChI is InChI=1S/C33H37NO9/c1-5-40-28(36)23-25(30(38)42-7-3)33(34-27(35)21-15-11-9-12-16-21)20-19-32(23,22-17-13-10-14-18-22)24(29(37)41-6-2)26(33)31(39)43-8-4/h9-20,23-26H,5-8H2,1-4H3,(H,34,35)/t23-,24+,25-,26+,32?,33?. The zero-order valence-corrected chi connectivity index (χ0v) is 24.7. The molecule has 1 N–H and O–H groups in total. The number of benzene rings is 2. The SMILES string of the molecule is CCOC(=O)[C@@H]1[C@@H](C(=O)OCC)C2(c3ccccc3)C=CC1(NC(=O)c1ccccc1)[C@@H](C(=O)OCC)[C@@H]2C(=O)OCC. The quantitative estimate of drug-likeness (QED) is 0.237. The zero-order chi connectivity index (χ0) is 31.2. The molecule has 0 radical (unpaired) electrons. The molecule has 10 nitrogen and oxygen atoms in total. The highest BCUT2D eigenvalue weighted by Gasteiger charge is 2.76. The van der Waals surface area contributed by atoms with Crippen molar-refractivity contribution >= 4 is 29.8 Å². The van der Waals surface area contributed by atoms with Gasteiger partial charge in [-0.05, 0) is 45.4 Å². The number of fused-ring (bicyclic) bond motifs is 2. The second kappa shape index (κ2) is 13.2. The van der Waals surface area contributed by atoms with E-state index in [9.17, 15) is 24.0 Å². The third-order valence-electron chi connectivity index (χ3n) is 8.16. The van der Waals surface area contributed by atoms with E-state index in [-0.39, 0.29) is 32.0 Å². The number of amides is 1. The zero-order valence-electron chi connectivity index (χ0n) is 24.7. The van der Waals surface area contributed by atoms with Gasteiger partial charge in [0.1, 0.15) is 0 Å². The highest BCUT2D eigenvalue weighted by atomic mass is 16.5. The van der Waals surface area contributed by atoms with Crippen molar-refractivity contribution < 1.29 is 42.9 Å². The number of hydrogen-bond acceptors (Lipinski definition) is 9. The average Bonchev–Trinajstić information content (AvgIpc) is 3.01. The monoisotopic (exact) mass is 591 g/mol. The number of allylic oxidation sites excluding steroid dienone is 1. The molecule has 2 aromatic rings. The third-order valence-corrected chi connectivity index (χ3v) is 8.16. The highest BCUT2D eigenvalue weighted by molar-refractivity contribution is 5.99. The molecule has 2 aromatic carbocycles. The number of carbonyl (C=O) groups is 5. The van der Waals surface area contributed by atoms with Gasteiger partial charge >= 0.3 is 23.9 Å². The molecule has 43 heavy (non-hydrogen) atoms. The van der Waals surface area contributed by atoms with Crippen molar-refractivity contribution in [3.05, 3.63) is 83.9 Å². The van der Waals surface area contributed by atoms with Gasteiger partial charge in [-0.1, -0.05) is 60.7 Å². The molecule has 3 aliphatic rings. The predicted molar refractivity (Wildman–Crippen MR) is 154 cm³/mol. The fourth-order valence-corrected chi connectivity index (χ4v) is 6.67. The molecule has 6 atom stereocenters. The van der Waals surface area contributed by atoms with Gasteiger partial charge in [0, 0.05) is 11.0 Å². The van der Waals surface area contributed by atoms with Gasteiger partial charge in [-0.15, -0.1) is 0 Å². The van der Waals surface area contributed by atoms with Crippen molar-refractivity contribution in [2.75, 3.05) is 26.4 Å². The Morgan fingerprint density at radius 3 is 1.40 bits per heavy atom. The van der Waals surface area contributed by atoms with Crippen LogP contribution in [0.15, 0.2) is 72.8 Å². The topological polar surface area (TPSA) is 134 Å². The molecule has 0 saturated heterocycles. The lowest BCUT2D eigenvalue weighted by molar-refractivity contribution is -0.192. The van der Waals surface area contributed by atoms with Crippen LogP contribution in [0.3, 0.4) is 0 Å². The van der Waals surface area contributed by atoms with Gasteiger partial charge in [-0.25, -0.2) is 0 Å². The molecule has 0 heterocycles. The van der Waals surface area contributed by atoms with Crippen LogP contribution in [0.5, 0.6) is 0 Å². The van der Waals surface area contributed by atoms with E-state index in [1.807, 2.05) is 0 Å². The predicted octanol–water partition coefficient (Wildman–Crippen LogP) is 3.39. The number of carbonyl (C=O) groups excluding carboxylic acids is 5. The van der Waals surface area contributed by atoms with E-state index in [1.165, 1.54) is 6.08 Å². The molecular weight excluding hydrogens is 554 g/mol. The molecule has 2 bridgehead atoms. The molecule has 1 saturated carbocycles. The Bertz CT molecular complexity index is 1320. The van der Waals surface area contributed by atoms with Crippen molar-refractivity contribution in [3.8, 4) is 0 Å². The van der Waals surface area contributed by atoms with Crippen molar-refractivity contribution in [1.82, 2.24) is 5.32 Å². The average molecular weight is 592 g/mol. The van der Waals surface area contributed by atoms with Gasteiger partial charge in [0.15, 0.2) is 0 Å². The fourth-order valence-electron chi connectivity index (χ4n) is 6.67.